The minimum absolute atomic E-state index is 0.144. The van der Waals surface area contributed by atoms with Crippen LogP contribution in [0.25, 0.3) is 0 Å². The van der Waals surface area contributed by atoms with E-state index in [1.54, 1.807) is 6.07 Å². The lowest BCUT2D eigenvalue weighted by Crippen LogP contribution is -2.47. The second kappa shape index (κ2) is 9.02. The Morgan fingerprint density at radius 1 is 1.07 bits per heavy atom. The first kappa shape index (κ1) is 20.1. The molecule has 2 aromatic carbocycles. The summed E-state index contributed by atoms with van der Waals surface area (Å²) in [6.45, 7) is 8.24. The van der Waals surface area contributed by atoms with Gasteiger partial charge in [-0.25, -0.2) is 0 Å². The van der Waals surface area contributed by atoms with Gasteiger partial charge in [-0.1, -0.05) is 50.2 Å². The van der Waals surface area contributed by atoms with Crippen molar-refractivity contribution in [2.24, 2.45) is 5.92 Å². The quantitative estimate of drug-likeness (QED) is 0.692. The smallest absolute Gasteiger partial charge is 0.252 e. The third-order valence-corrected chi connectivity index (χ3v) is 5.09. The van der Waals surface area contributed by atoms with E-state index >= 15 is 0 Å². The summed E-state index contributed by atoms with van der Waals surface area (Å²) in [5.41, 5.74) is 5.19. The molecule has 0 fully saturated rings. The molecule has 3 rings (SSSR count). The highest BCUT2D eigenvalue weighted by Gasteiger charge is 2.23. The van der Waals surface area contributed by atoms with Crippen LogP contribution in [0.2, 0.25) is 0 Å². The maximum absolute atomic E-state index is 12.8. The second-order valence-electron chi connectivity index (χ2n) is 7.89. The van der Waals surface area contributed by atoms with Crippen LogP contribution >= 0.6 is 0 Å². The molecule has 1 aliphatic heterocycles. The lowest BCUT2D eigenvalue weighted by atomic mass is 10.0. The van der Waals surface area contributed by atoms with E-state index in [1.807, 2.05) is 39.0 Å². The van der Waals surface area contributed by atoms with Crippen molar-refractivity contribution < 1.29 is 9.59 Å². The van der Waals surface area contributed by atoms with Crippen LogP contribution in [-0.2, 0) is 24.4 Å². The third-order valence-electron chi connectivity index (χ3n) is 5.09. The van der Waals surface area contributed by atoms with E-state index in [2.05, 4.69) is 34.1 Å². The van der Waals surface area contributed by atoms with Crippen molar-refractivity contribution in [3.05, 3.63) is 70.3 Å². The lowest BCUT2D eigenvalue weighted by molar-refractivity contribution is -0.123. The van der Waals surface area contributed by atoms with E-state index in [0.717, 1.165) is 24.2 Å². The average molecular weight is 380 g/mol. The molecule has 0 aliphatic carbocycles. The Balaban J connectivity index is 1.64. The zero-order valence-corrected chi connectivity index (χ0v) is 16.8. The molecule has 0 saturated heterocycles. The SMILES string of the molecule is Cc1ccccc1C(=O)NC(CC(C)C)C(=O)NCc1ccc2c(c1)CNC2. The van der Waals surface area contributed by atoms with Gasteiger partial charge in [0, 0.05) is 25.2 Å². The Kier molecular flexibility index (Phi) is 6.47. The normalized spacial score (nSPS) is 13.9. The fourth-order valence-electron chi connectivity index (χ4n) is 3.54. The maximum Gasteiger partial charge on any atom is 0.252 e. The van der Waals surface area contributed by atoms with Crippen LogP contribution in [0.3, 0.4) is 0 Å². The number of benzene rings is 2. The molecular formula is C23H29N3O2. The van der Waals surface area contributed by atoms with E-state index in [-0.39, 0.29) is 11.8 Å². The van der Waals surface area contributed by atoms with E-state index in [9.17, 15) is 9.59 Å². The van der Waals surface area contributed by atoms with Crippen LogP contribution < -0.4 is 16.0 Å². The molecule has 1 aliphatic rings. The lowest BCUT2D eigenvalue weighted by Gasteiger charge is -2.21. The molecule has 0 bridgehead atoms. The molecule has 0 saturated carbocycles. The summed E-state index contributed by atoms with van der Waals surface area (Å²) in [4.78, 5) is 25.5. The van der Waals surface area contributed by atoms with Crippen molar-refractivity contribution in [1.82, 2.24) is 16.0 Å². The van der Waals surface area contributed by atoms with Gasteiger partial charge in [0.05, 0.1) is 0 Å². The molecule has 1 atom stereocenters. The summed E-state index contributed by atoms with van der Waals surface area (Å²) in [7, 11) is 0. The van der Waals surface area contributed by atoms with Gasteiger partial charge in [0.2, 0.25) is 5.91 Å². The first-order valence-electron chi connectivity index (χ1n) is 9.89. The number of carbonyl (C=O) groups excluding carboxylic acids is 2. The number of rotatable bonds is 7. The van der Waals surface area contributed by atoms with Crippen LogP contribution in [0.15, 0.2) is 42.5 Å². The van der Waals surface area contributed by atoms with Gasteiger partial charge in [-0.15, -0.1) is 0 Å². The van der Waals surface area contributed by atoms with Gasteiger partial charge in [-0.3, -0.25) is 9.59 Å². The summed E-state index contributed by atoms with van der Waals surface area (Å²) in [6.07, 6.45) is 0.595. The van der Waals surface area contributed by atoms with Crippen molar-refractivity contribution in [1.29, 1.82) is 0 Å². The summed E-state index contributed by atoms with van der Waals surface area (Å²) in [5, 5.41) is 9.24. The minimum atomic E-state index is -0.553. The van der Waals surface area contributed by atoms with Crippen molar-refractivity contribution in [3.63, 3.8) is 0 Å². The molecular weight excluding hydrogens is 350 g/mol. The molecule has 2 amide bonds. The van der Waals surface area contributed by atoms with Crippen LogP contribution in [0, 0.1) is 12.8 Å². The van der Waals surface area contributed by atoms with Gasteiger partial charge >= 0.3 is 0 Å². The van der Waals surface area contributed by atoms with E-state index in [4.69, 9.17) is 0 Å². The van der Waals surface area contributed by atoms with Crippen molar-refractivity contribution in [3.8, 4) is 0 Å². The Labute approximate surface area is 166 Å². The monoisotopic (exact) mass is 379 g/mol. The minimum Gasteiger partial charge on any atom is -0.350 e. The number of aryl methyl sites for hydroxylation is 1. The highest BCUT2D eigenvalue weighted by molar-refractivity contribution is 5.98. The largest absolute Gasteiger partial charge is 0.350 e. The van der Waals surface area contributed by atoms with Gasteiger partial charge in [0.25, 0.3) is 5.91 Å². The van der Waals surface area contributed by atoms with Gasteiger partial charge in [-0.05, 0) is 47.6 Å². The third kappa shape index (κ3) is 4.98. The number of hydrogen-bond acceptors (Lipinski definition) is 3. The Hall–Kier alpha value is -2.66. The summed E-state index contributed by atoms with van der Waals surface area (Å²) in [5.74, 6) is -0.0595. The fourth-order valence-corrected chi connectivity index (χ4v) is 3.54. The molecule has 1 unspecified atom stereocenters. The van der Waals surface area contributed by atoms with Gasteiger partial charge < -0.3 is 16.0 Å². The van der Waals surface area contributed by atoms with Crippen LogP contribution in [0.5, 0.6) is 0 Å². The molecule has 28 heavy (non-hydrogen) atoms. The zero-order chi connectivity index (χ0) is 20.1. The molecule has 148 valence electrons. The highest BCUT2D eigenvalue weighted by Crippen LogP contribution is 2.17. The number of carbonyl (C=O) groups is 2. The van der Waals surface area contributed by atoms with Crippen LogP contribution in [-0.4, -0.2) is 17.9 Å². The van der Waals surface area contributed by atoms with E-state index < -0.39 is 6.04 Å². The molecule has 5 nitrogen and oxygen atoms in total. The first-order valence-corrected chi connectivity index (χ1v) is 9.89. The summed E-state index contributed by atoms with van der Waals surface area (Å²) < 4.78 is 0. The van der Waals surface area contributed by atoms with E-state index in [1.165, 1.54) is 11.1 Å². The predicted octanol–water partition coefficient (Wildman–Crippen LogP) is 3.06. The molecule has 5 heteroatoms. The van der Waals surface area contributed by atoms with E-state index in [0.29, 0.717) is 24.4 Å². The number of hydrogen-bond donors (Lipinski definition) is 3. The highest BCUT2D eigenvalue weighted by atomic mass is 16.2. The number of amides is 2. The standard InChI is InChI=1S/C23H29N3O2/c1-15(2)10-21(26-22(27)20-7-5-4-6-16(20)3)23(28)25-12-17-8-9-18-13-24-14-19(18)11-17/h4-9,11,15,21,24H,10,12-14H2,1-3H3,(H,25,28)(H,26,27). The molecule has 0 radical (unpaired) electrons. The Morgan fingerprint density at radius 3 is 2.57 bits per heavy atom. The Morgan fingerprint density at radius 2 is 1.82 bits per heavy atom. The average Bonchev–Trinajstić information content (AvgIpc) is 3.13. The van der Waals surface area contributed by atoms with Crippen LogP contribution in [0.1, 0.15) is 52.9 Å². The molecule has 2 aromatic rings. The summed E-state index contributed by atoms with van der Waals surface area (Å²) >= 11 is 0. The van der Waals surface area contributed by atoms with Gasteiger partial charge in [0.15, 0.2) is 0 Å². The fraction of sp³-hybridized carbons (Fsp3) is 0.391. The van der Waals surface area contributed by atoms with Crippen molar-refractivity contribution in [2.45, 2.75) is 52.9 Å². The zero-order valence-electron chi connectivity index (χ0n) is 16.8. The molecule has 0 spiro atoms. The second-order valence-corrected chi connectivity index (χ2v) is 7.89. The summed E-state index contributed by atoms with van der Waals surface area (Å²) in [6, 6.07) is 13.2. The van der Waals surface area contributed by atoms with Crippen molar-refractivity contribution in [2.75, 3.05) is 0 Å². The molecule has 0 aromatic heterocycles. The Bertz CT molecular complexity index is 861. The van der Waals surface area contributed by atoms with Crippen LogP contribution in [0.4, 0.5) is 0 Å². The number of nitrogens with one attached hydrogen (secondary N) is 3. The maximum atomic E-state index is 12.8. The van der Waals surface area contributed by atoms with Gasteiger partial charge in [-0.2, -0.15) is 0 Å². The van der Waals surface area contributed by atoms with Crippen molar-refractivity contribution >= 4 is 11.8 Å². The molecule has 3 N–H and O–H groups in total. The first-order chi connectivity index (χ1) is 13.4. The van der Waals surface area contributed by atoms with Gasteiger partial charge in [0.1, 0.15) is 6.04 Å². The topological polar surface area (TPSA) is 70.2 Å². The molecule has 1 heterocycles. The number of fused-ring (bicyclic) bond motifs is 1. The predicted molar refractivity (Wildman–Crippen MR) is 111 cm³/mol.